The van der Waals surface area contributed by atoms with Gasteiger partial charge in [-0.3, -0.25) is 15.3 Å². The molecule has 6 aromatic heterocycles. The first-order valence-corrected chi connectivity index (χ1v) is 13.5. The lowest BCUT2D eigenvalue weighted by Gasteiger charge is -1.92. The number of H-pyrrole nitrogens is 6. The van der Waals surface area contributed by atoms with Crippen LogP contribution in [0, 0.1) is 13.6 Å². The van der Waals surface area contributed by atoms with E-state index in [-0.39, 0.29) is 4.84 Å². The smallest absolute Gasteiger partial charge is 0.289 e. The molecule has 0 saturated heterocycles. The van der Waals surface area contributed by atoms with E-state index in [1.807, 2.05) is 41.9 Å². The van der Waals surface area contributed by atoms with E-state index in [4.69, 9.17) is 41.1 Å². The van der Waals surface area contributed by atoms with Crippen molar-refractivity contribution in [2.24, 2.45) is 7.05 Å². The number of nitrogens with one attached hydrogen (secondary N) is 6. The summed E-state index contributed by atoms with van der Waals surface area (Å²) in [6.45, 7) is 0. The minimum Gasteiger partial charge on any atom is -0.428 e. The zero-order valence-corrected chi connectivity index (χ0v) is 23.4. The number of hydrogen-bond acceptors (Lipinski definition) is 11. The van der Waals surface area contributed by atoms with Gasteiger partial charge in [-0.05, 0) is 67.0 Å². The molecule has 40 heavy (non-hydrogen) atoms. The summed E-state index contributed by atoms with van der Waals surface area (Å²) in [6.07, 6.45) is 0. The zero-order chi connectivity index (χ0) is 27.4. The van der Waals surface area contributed by atoms with E-state index in [0.717, 1.165) is 59.9 Å². The van der Waals surface area contributed by atoms with Gasteiger partial charge in [-0.15, -0.1) is 11.3 Å². The molecular formula is C22H15N13OS4. The van der Waals surface area contributed by atoms with Crippen molar-refractivity contribution in [3.8, 4) is 0 Å². The third kappa shape index (κ3) is 4.37. The number of thiazole rings is 1. The molecule has 0 amide bonds. The Bertz CT molecular complexity index is 2280. The van der Waals surface area contributed by atoms with Gasteiger partial charge in [-0.25, -0.2) is 25.6 Å². The third-order valence-corrected chi connectivity index (χ3v) is 7.72. The number of oxazole rings is 1. The maximum atomic E-state index is 5.18. The van der Waals surface area contributed by atoms with Crippen LogP contribution in [0.2, 0.25) is 0 Å². The summed E-state index contributed by atoms with van der Waals surface area (Å²) in [5.41, 5.74) is 9.61. The summed E-state index contributed by atoms with van der Waals surface area (Å²) in [4.78, 5) is 12.8. The minimum absolute atomic E-state index is 0.256. The first kappa shape index (κ1) is 24.4. The predicted molar refractivity (Wildman–Crippen MR) is 159 cm³/mol. The van der Waals surface area contributed by atoms with Gasteiger partial charge < -0.3 is 8.98 Å². The Balaban J connectivity index is 0.0000000993. The molecule has 18 heteroatoms. The molecule has 14 nitrogen and oxygen atoms in total. The molecule has 0 bridgehead atoms. The summed E-state index contributed by atoms with van der Waals surface area (Å²) in [5.74, 6) is 0. The van der Waals surface area contributed by atoms with Crippen molar-refractivity contribution in [1.29, 1.82) is 0 Å². The molecule has 0 aliphatic carbocycles. The molecule has 6 N–H and O–H groups in total. The normalized spacial score (nSPS) is 11.4. The number of aryl methyl sites for hydroxylation is 1. The van der Waals surface area contributed by atoms with Crippen LogP contribution in [0.4, 0.5) is 0 Å². The highest BCUT2D eigenvalue weighted by Crippen LogP contribution is 2.23. The highest BCUT2D eigenvalue weighted by atomic mass is 32.1. The summed E-state index contributed by atoms with van der Waals surface area (Å²) < 4.78 is 9.40. The Morgan fingerprint density at radius 1 is 0.675 bits per heavy atom. The minimum atomic E-state index is 0.256. The second-order valence-corrected chi connectivity index (χ2v) is 10.9. The van der Waals surface area contributed by atoms with Crippen molar-refractivity contribution in [3.05, 3.63) is 50.0 Å². The molecule has 0 fully saturated rings. The van der Waals surface area contributed by atoms with Crippen molar-refractivity contribution in [3.63, 3.8) is 0 Å². The van der Waals surface area contributed by atoms with E-state index in [0.29, 0.717) is 14.3 Å². The number of aromatic nitrogens is 13. The third-order valence-electron chi connectivity index (χ3n) is 6.03. The van der Waals surface area contributed by atoms with Crippen LogP contribution >= 0.6 is 48.0 Å². The molecule has 3 aromatic carbocycles. The fourth-order valence-corrected chi connectivity index (χ4v) is 5.58. The van der Waals surface area contributed by atoms with Gasteiger partial charge >= 0.3 is 0 Å². The fraction of sp³-hybridized carbons (Fsp3) is 0.0455. The van der Waals surface area contributed by atoms with Crippen LogP contribution in [0.3, 0.4) is 0 Å². The summed E-state index contributed by atoms with van der Waals surface area (Å²) >= 11 is 16.4. The number of imidazole rings is 1. The lowest BCUT2D eigenvalue weighted by molar-refractivity contribution is 0.583. The van der Waals surface area contributed by atoms with Gasteiger partial charge in [0.05, 0.1) is 37.8 Å². The zero-order valence-electron chi connectivity index (χ0n) is 20.1. The molecule has 9 rings (SSSR count). The fourth-order valence-electron chi connectivity index (χ4n) is 4.11. The van der Waals surface area contributed by atoms with Crippen molar-refractivity contribution in [1.82, 2.24) is 65.8 Å². The van der Waals surface area contributed by atoms with Gasteiger partial charge in [0.25, 0.3) is 4.84 Å². The standard InChI is InChI=1S/C8H7N5S.C7H4N4OS.C7H4N4S2/c1-13-7-3-5-4(10-12-11-5)2-6(7)9-8(13)14;13-7-8-5-1-3-4(10-11-9-3)2-6(5)12-7;12-7-8-5-1-3-4(10-11-9-3)2-6(5)13-7/h2-3,10,12H,1H3;2*1-2,9,11H. The predicted octanol–water partition coefficient (Wildman–Crippen LogP) is 5.50. The SMILES string of the molecule is Cn1c(=S)nc2cc3[nH][nH]nc3cc21.S=c1nc2cc3[nH][nH]nc3cc2o1.S=c1nc2cc3[nH][nH]nc3cc2s1. The van der Waals surface area contributed by atoms with E-state index in [1.165, 1.54) is 11.3 Å². The molecule has 0 spiro atoms. The first-order chi connectivity index (χ1) is 19.4. The van der Waals surface area contributed by atoms with E-state index < -0.39 is 0 Å². The van der Waals surface area contributed by atoms with Crippen LogP contribution in [0.15, 0.2) is 40.8 Å². The van der Waals surface area contributed by atoms with Gasteiger partial charge in [0.15, 0.2) is 14.3 Å². The van der Waals surface area contributed by atoms with E-state index in [2.05, 4.69) is 61.2 Å². The Labute approximate surface area is 239 Å². The Morgan fingerprint density at radius 2 is 1.27 bits per heavy atom. The van der Waals surface area contributed by atoms with E-state index in [1.54, 1.807) is 6.07 Å². The maximum absolute atomic E-state index is 5.18. The summed E-state index contributed by atoms with van der Waals surface area (Å²) in [5, 5.41) is 28.8. The molecular weight excluding hydrogens is 591 g/mol. The highest BCUT2D eigenvalue weighted by molar-refractivity contribution is 7.73. The van der Waals surface area contributed by atoms with Crippen LogP contribution in [0.5, 0.6) is 0 Å². The summed E-state index contributed by atoms with van der Waals surface area (Å²) in [7, 11) is 1.90. The van der Waals surface area contributed by atoms with Crippen LogP contribution < -0.4 is 0 Å². The van der Waals surface area contributed by atoms with E-state index >= 15 is 0 Å². The van der Waals surface area contributed by atoms with Crippen LogP contribution in [-0.4, -0.2) is 65.8 Å². The molecule has 0 aliphatic heterocycles. The molecule has 0 atom stereocenters. The van der Waals surface area contributed by atoms with Crippen LogP contribution in [0.25, 0.3) is 65.4 Å². The lowest BCUT2D eigenvalue weighted by atomic mass is 10.3. The monoisotopic (exact) mass is 605 g/mol. The topological polar surface area (TPSA) is 190 Å². The maximum Gasteiger partial charge on any atom is 0.289 e. The van der Waals surface area contributed by atoms with Gasteiger partial charge in [0.2, 0.25) is 0 Å². The second-order valence-electron chi connectivity index (χ2n) is 8.49. The average Bonchev–Trinajstić information content (AvgIpc) is 3.76. The molecule has 6 heterocycles. The molecule has 0 unspecified atom stereocenters. The number of nitrogens with zero attached hydrogens (tertiary/aromatic N) is 7. The quantitative estimate of drug-likeness (QED) is 0.120. The van der Waals surface area contributed by atoms with Gasteiger partial charge in [-0.1, -0.05) is 0 Å². The average molecular weight is 606 g/mol. The van der Waals surface area contributed by atoms with Crippen molar-refractivity contribution in [2.75, 3.05) is 0 Å². The molecule has 0 saturated carbocycles. The first-order valence-electron chi connectivity index (χ1n) is 11.5. The lowest BCUT2D eigenvalue weighted by Crippen LogP contribution is -1.85. The van der Waals surface area contributed by atoms with Gasteiger partial charge in [-0.2, -0.15) is 20.3 Å². The van der Waals surface area contributed by atoms with Crippen LogP contribution in [-0.2, 0) is 7.05 Å². The molecule has 9 aromatic rings. The van der Waals surface area contributed by atoms with Crippen molar-refractivity contribution >= 4 is 113 Å². The Kier molecular flexibility index (Phi) is 5.81. The number of rotatable bonds is 0. The molecule has 0 aliphatic rings. The number of aromatic amines is 6. The van der Waals surface area contributed by atoms with Gasteiger partial charge in [0.1, 0.15) is 22.1 Å². The van der Waals surface area contributed by atoms with E-state index in [9.17, 15) is 0 Å². The highest BCUT2D eigenvalue weighted by Gasteiger charge is 2.06. The number of fused-ring (bicyclic) bond motifs is 6. The van der Waals surface area contributed by atoms with Crippen LogP contribution in [0.1, 0.15) is 0 Å². The van der Waals surface area contributed by atoms with Crippen molar-refractivity contribution in [2.45, 2.75) is 0 Å². The molecule has 0 radical (unpaired) electrons. The second kappa shape index (κ2) is 9.52. The Hall–Kier alpha value is -4.65. The van der Waals surface area contributed by atoms with Crippen molar-refractivity contribution < 1.29 is 4.42 Å². The molecule has 198 valence electrons. The Morgan fingerprint density at radius 3 is 1.98 bits per heavy atom. The number of hydrogen-bond donors (Lipinski definition) is 6. The largest absolute Gasteiger partial charge is 0.428 e. The van der Waals surface area contributed by atoms with Gasteiger partial charge in [0, 0.05) is 13.1 Å². The summed E-state index contributed by atoms with van der Waals surface area (Å²) in [6, 6.07) is 11.4. The number of benzene rings is 3.